The van der Waals surface area contributed by atoms with Gasteiger partial charge in [0, 0.05) is 30.0 Å². The van der Waals surface area contributed by atoms with Gasteiger partial charge in [-0.05, 0) is 0 Å². The molecule has 0 unspecified atom stereocenters. The summed E-state index contributed by atoms with van der Waals surface area (Å²) in [7, 11) is 0. The molecule has 0 bridgehead atoms. The van der Waals surface area contributed by atoms with Gasteiger partial charge in [-0.15, -0.1) is 22.7 Å². The Kier molecular flexibility index (Phi) is 3.26. The fourth-order valence-corrected chi connectivity index (χ4v) is 3.09. The number of anilines is 1. The second kappa shape index (κ2) is 5.06. The zero-order valence-electron chi connectivity index (χ0n) is 9.85. The second-order valence-electron chi connectivity index (χ2n) is 3.96. The summed E-state index contributed by atoms with van der Waals surface area (Å²) in [5, 5.41) is 4.21. The molecule has 8 heteroatoms. The molecule has 0 spiro atoms. The zero-order chi connectivity index (χ0) is 13.2. The van der Waals surface area contributed by atoms with Gasteiger partial charge in [-0.2, -0.15) is 0 Å². The van der Waals surface area contributed by atoms with E-state index >= 15 is 0 Å². The van der Waals surface area contributed by atoms with Gasteiger partial charge < -0.3 is 4.90 Å². The van der Waals surface area contributed by atoms with Crippen LogP contribution in [0.1, 0.15) is 10.5 Å². The normalized spacial score (nSPS) is 15.9. The molecule has 2 amide bonds. The summed E-state index contributed by atoms with van der Waals surface area (Å²) in [4.78, 5) is 35.4. The molecule has 0 aliphatic carbocycles. The van der Waals surface area contributed by atoms with Crippen LogP contribution in [0.5, 0.6) is 0 Å². The molecule has 0 atom stereocenters. The van der Waals surface area contributed by atoms with Crippen LogP contribution in [-0.4, -0.2) is 46.3 Å². The highest BCUT2D eigenvalue weighted by molar-refractivity contribution is 7.13. The van der Waals surface area contributed by atoms with Crippen molar-refractivity contribution in [3.05, 3.63) is 28.2 Å². The van der Waals surface area contributed by atoms with Crippen molar-refractivity contribution in [3.63, 3.8) is 0 Å². The number of carbonyl (C=O) groups excluding carboxylic acids is 2. The summed E-state index contributed by atoms with van der Waals surface area (Å²) in [6, 6.07) is 0. The van der Waals surface area contributed by atoms with Crippen LogP contribution in [-0.2, 0) is 4.79 Å². The Hall–Kier alpha value is -1.80. The van der Waals surface area contributed by atoms with E-state index in [-0.39, 0.29) is 18.4 Å². The van der Waals surface area contributed by atoms with E-state index in [2.05, 4.69) is 9.97 Å². The maximum atomic E-state index is 12.1. The number of rotatable bonds is 2. The summed E-state index contributed by atoms with van der Waals surface area (Å²) in [6.07, 6.45) is 1.67. The van der Waals surface area contributed by atoms with Crippen LogP contribution in [0.2, 0.25) is 0 Å². The second-order valence-corrected chi connectivity index (χ2v) is 5.55. The van der Waals surface area contributed by atoms with Crippen LogP contribution in [0.25, 0.3) is 0 Å². The average Bonchev–Trinajstić information content (AvgIpc) is 3.11. The lowest BCUT2D eigenvalue weighted by atomic mass is 10.3. The first-order valence-electron chi connectivity index (χ1n) is 5.63. The number of thiazole rings is 2. The van der Waals surface area contributed by atoms with Gasteiger partial charge in [0.2, 0.25) is 5.91 Å². The van der Waals surface area contributed by atoms with Gasteiger partial charge in [-0.25, -0.2) is 9.97 Å². The molecular formula is C11H10N4O2S2. The van der Waals surface area contributed by atoms with Gasteiger partial charge in [0.1, 0.15) is 12.2 Å². The highest BCUT2D eigenvalue weighted by atomic mass is 32.1. The summed E-state index contributed by atoms with van der Waals surface area (Å²) in [6.45, 7) is 1.06. The summed E-state index contributed by atoms with van der Waals surface area (Å²) >= 11 is 2.79. The third-order valence-corrected chi connectivity index (χ3v) is 4.19. The molecule has 0 N–H and O–H groups in total. The Bertz CT molecular complexity index is 582. The summed E-state index contributed by atoms with van der Waals surface area (Å²) < 4.78 is 0. The van der Waals surface area contributed by atoms with E-state index < -0.39 is 0 Å². The molecule has 0 aromatic carbocycles. The van der Waals surface area contributed by atoms with E-state index in [1.807, 2.05) is 5.38 Å². The van der Waals surface area contributed by atoms with Crippen LogP contribution in [0, 0.1) is 0 Å². The molecule has 3 heterocycles. The molecule has 1 saturated heterocycles. The average molecular weight is 294 g/mol. The van der Waals surface area contributed by atoms with Gasteiger partial charge in [-0.3, -0.25) is 14.5 Å². The van der Waals surface area contributed by atoms with Crippen molar-refractivity contribution in [1.82, 2.24) is 14.9 Å². The minimum Gasteiger partial charge on any atom is -0.326 e. The summed E-state index contributed by atoms with van der Waals surface area (Å²) in [5.41, 5.74) is 2.02. The van der Waals surface area contributed by atoms with E-state index in [4.69, 9.17) is 0 Å². The number of hydrogen-bond donors (Lipinski definition) is 0. The molecule has 3 rings (SSSR count). The van der Waals surface area contributed by atoms with Crippen LogP contribution >= 0.6 is 22.7 Å². The van der Waals surface area contributed by atoms with Crippen LogP contribution < -0.4 is 4.90 Å². The molecule has 6 nitrogen and oxygen atoms in total. The van der Waals surface area contributed by atoms with Crippen LogP contribution in [0.3, 0.4) is 0 Å². The van der Waals surface area contributed by atoms with Gasteiger partial charge in [0.05, 0.1) is 5.51 Å². The van der Waals surface area contributed by atoms with Crippen molar-refractivity contribution in [3.8, 4) is 0 Å². The lowest BCUT2D eigenvalue weighted by molar-refractivity contribution is -0.120. The standard InChI is InChI=1S/C11H10N4O2S2/c16-9-5-14(10(17)8-6-18-7-13-8)2-3-15(9)11-12-1-4-19-11/h1,4,6-7H,2-3,5H2. The zero-order valence-corrected chi connectivity index (χ0v) is 11.5. The maximum Gasteiger partial charge on any atom is 0.273 e. The first kappa shape index (κ1) is 12.2. The quantitative estimate of drug-likeness (QED) is 0.831. The Morgan fingerprint density at radius 3 is 2.84 bits per heavy atom. The van der Waals surface area contributed by atoms with Crippen molar-refractivity contribution < 1.29 is 9.59 Å². The Labute approximate surface area is 117 Å². The van der Waals surface area contributed by atoms with Crippen molar-refractivity contribution in [1.29, 1.82) is 0 Å². The number of amides is 2. The molecule has 2 aromatic rings. The fourth-order valence-electron chi connectivity index (χ4n) is 1.88. The maximum absolute atomic E-state index is 12.1. The molecule has 1 aliphatic rings. The smallest absolute Gasteiger partial charge is 0.273 e. The SMILES string of the molecule is O=C(c1cscn1)N1CCN(c2nccs2)C(=O)C1. The van der Waals surface area contributed by atoms with Gasteiger partial charge in [-0.1, -0.05) is 0 Å². The van der Waals surface area contributed by atoms with E-state index in [1.54, 1.807) is 22.0 Å². The van der Waals surface area contributed by atoms with E-state index in [9.17, 15) is 9.59 Å². The number of piperazine rings is 1. The molecule has 1 fully saturated rings. The summed E-state index contributed by atoms with van der Waals surface area (Å²) in [5.74, 6) is -0.293. The van der Waals surface area contributed by atoms with Crippen molar-refractivity contribution in [2.75, 3.05) is 24.5 Å². The lowest BCUT2D eigenvalue weighted by Crippen LogP contribution is -2.52. The monoisotopic (exact) mass is 294 g/mol. The van der Waals surface area contributed by atoms with Crippen molar-refractivity contribution in [2.24, 2.45) is 0 Å². The highest BCUT2D eigenvalue weighted by Gasteiger charge is 2.30. The minimum absolute atomic E-state index is 0.0793. The molecule has 98 valence electrons. The van der Waals surface area contributed by atoms with E-state index in [0.717, 1.165) is 0 Å². The topological polar surface area (TPSA) is 66.4 Å². The predicted octanol–water partition coefficient (Wildman–Crippen LogP) is 1.09. The van der Waals surface area contributed by atoms with E-state index in [1.165, 1.54) is 27.6 Å². The van der Waals surface area contributed by atoms with Crippen molar-refractivity contribution >= 4 is 39.6 Å². The third kappa shape index (κ3) is 2.36. The molecular weight excluding hydrogens is 284 g/mol. The Morgan fingerprint density at radius 1 is 1.32 bits per heavy atom. The first-order chi connectivity index (χ1) is 9.25. The van der Waals surface area contributed by atoms with Crippen LogP contribution in [0.15, 0.2) is 22.5 Å². The number of aromatic nitrogens is 2. The van der Waals surface area contributed by atoms with E-state index in [0.29, 0.717) is 23.9 Å². The lowest BCUT2D eigenvalue weighted by Gasteiger charge is -2.32. The number of hydrogen-bond acceptors (Lipinski definition) is 6. The third-order valence-electron chi connectivity index (χ3n) is 2.81. The first-order valence-corrected chi connectivity index (χ1v) is 7.45. The highest BCUT2D eigenvalue weighted by Crippen LogP contribution is 2.20. The van der Waals surface area contributed by atoms with Crippen molar-refractivity contribution in [2.45, 2.75) is 0 Å². The minimum atomic E-state index is -0.187. The largest absolute Gasteiger partial charge is 0.326 e. The Balaban J connectivity index is 1.71. The molecule has 0 saturated carbocycles. The van der Waals surface area contributed by atoms with Gasteiger partial charge in [0.25, 0.3) is 5.91 Å². The molecule has 0 radical (unpaired) electrons. The van der Waals surface area contributed by atoms with Gasteiger partial charge in [0.15, 0.2) is 5.13 Å². The van der Waals surface area contributed by atoms with Crippen LogP contribution in [0.4, 0.5) is 5.13 Å². The molecule has 19 heavy (non-hydrogen) atoms. The number of nitrogens with zero attached hydrogens (tertiary/aromatic N) is 4. The Morgan fingerprint density at radius 2 is 2.21 bits per heavy atom. The van der Waals surface area contributed by atoms with Gasteiger partial charge >= 0.3 is 0 Å². The fraction of sp³-hybridized carbons (Fsp3) is 0.273. The predicted molar refractivity (Wildman–Crippen MR) is 72.5 cm³/mol. The molecule has 1 aliphatic heterocycles. The number of carbonyl (C=O) groups is 2. The molecule has 2 aromatic heterocycles.